The van der Waals surface area contributed by atoms with E-state index in [1.54, 1.807) is 0 Å². The fourth-order valence-corrected chi connectivity index (χ4v) is 3.56. The largest absolute Gasteiger partial charge is 0.416 e. The molecule has 0 aliphatic heterocycles. The highest BCUT2D eigenvalue weighted by molar-refractivity contribution is 5.96. The molecule has 0 bridgehead atoms. The molecule has 0 saturated carbocycles. The standard InChI is InChI=1S/C26H19N3O2/c30-24(17-21-11-6-10-18-7-4-5-12-23(18)21)27-22-15-13-20(14-16-22)26-29-28-25(31-26)19-8-2-1-3-9-19/h1-16H,17H2,(H,27,30). The second kappa shape index (κ2) is 8.24. The molecule has 1 heterocycles. The van der Waals surface area contributed by atoms with Crippen LogP contribution in [-0.4, -0.2) is 16.1 Å². The molecule has 1 N–H and O–H groups in total. The van der Waals surface area contributed by atoms with Crippen LogP contribution in [0.2, 0.25) is 0 Å². The van der Waals surface area contributed by atoms with Crippen LogP contribution in [0.15, 0.2) is 101 Å². The summed E-state index contributed by atoms with van der Waals surface area (Å²) in [4.78, 5) is 12.6. The van der Waals surface area contributed by atoms with Crippen molar-refractivity contribution in [3.8, 4) is 22.9 Å². The molecule has 31 heavy (non-hydrogen) atoms. The van der Waals surface area contributed by atoms with Gasteiger partial charge in [0, 0.05) is 16.8 Å². The normalized spacial score (nSPS) is 10.8. The average molecular weight is 405 g/mol. The zero-order valence-corrected chi connectivity index (χ0v) is 16.7. The van der Waals surface area contributed by atoms with Gasteiger partial charge in [-0.3, -0.25) is 4.79 Å². The summed E-state index contributed by atoms with van der Waals surface area (Å²) < 4.78 is 5.79. The maximum absolute atomic E-state index is 12.6. The molecule has 4 aromatic carbocycles. The maximum Gasteiger partial charge on any atom is 0.248 e. The Morgan fingerprint density at radius 2 is 1.35 bits per heavy atom. The van der Waals surface area contributed by atoms with Crippen molar-refractivity contribution in [1.29, 1.82) is 0 Å². The molecule has 5 aromatic rings. The Morgan fingerprint density at radius 1 is 0.710 bits per heavy atom. The van der Waals surface area contributed by atoms with Gasteiger partial charge in [0.15, 0.2) is 0 Å². The molecule has 1 amide bonds. The number of aromatic nitrogens is 2. The van der Waals surface area contributed by atoms with E-state index in [4.69, 9.17) is 4.42 Å². The molecule has 1 aromatic heterocycles. The summed E-state index contributed by atoms with van der Waals surface area (Å²) in [5.41, 5.74) is 3.39. The van der Waals surface area contributed by atoms with E-state index in [-0.39, 0.29) is 5.91 Å². The van der Waals surface area contributed by atoms with Crippen LogP contribution in [-0.2, 0) is 11.2 Å². The molecule has 5 heteroatoms. The number of fused-ring (bicyclic) bond motifs is 1. The lowest BCUT2D eigenvalue weighted by Crippen LogP contribution is -2.14. The van der Waals surface area contributed by atoms with Crippen molar-refractivity contribution in [3.63, 3.8) is 0 Å². The molecule has 150 valence electrons. The molecule has 0 saturated heterocycles. The molecule has 5 nitrogen and oxygen atoms in total. The van der Waals surface area contributed by atoms with E-state index < -0.39 is 0 Å². The van der Waals surface area contributed by atoms with Gasteiger partial charge < -0.3 is 9.73 Å². The second-order valence-electron chi connectivity index (χ2n) is 7.22. The van der Waals surface area contributed by atoms with Gasteiger partial charge in [0.2, 0.25) is 17.7 Å². The van der Waals surface area contributed by atoms with Crippen molar-refractivity contribution in [1.82, 2.24) is 10.2 Å². The van der Waals surface area contributed by atoms with Crippen LogP contribution < -0.4 is 5.32 Å². The smallest absolute Gasteiger partial charge is 0.248 e. The monoisotopic (exact) mass is 405 g/mol. The number of benzene rings is 4. The minimum absolute atomic E-state index is 0.0618. The van der Waals surface area contributed by atoms with Crippen LogP contribution in [0.25, 0.3) is 33.7 Å². The van der Waals surface area contributed by atoms with E-state index in [9.17, 15) is 4.79 Å². The maximum atomic E-state index is 12.6. The molecule has 0 radical (unpaired) electrons. The first kappa shape index (κ1) is 18.8. The Morgan fingerprint density at radius 3 is 2.13 bits per heavy atom. The lowest BCUT2D eigenvalue weighted by molar-refractivity contribution is -0.115. The summed E-state index contributed by atoms with van der Waals surface area (Å²) in [5, 5.41) is 13.4. The Labute approximate surface area is 179 Å². The van der Waals surface area contributed by atoms with Crippen molar-refractivity contribution >= 4 is 22.4 Å². The number of anilines is 1. The van der Waals surface area contributed by atoms with Gasteiger partial charge in [0.1, 0.15) is 0 Å². The Hall–Kier alpha value is -4.25. The minimum Gasteiger partial charge on any atom is -0.416 e. The summed E-state index contributed by atoms with van der Waals surface area (Å²) in [6, 6.07) is 31.1. The highest BCUT2D eigenvalue weighted by Crippen LogP contribution is 2.25. The molecule has 5 rings (SSSR count). The van der Waals surface area contributed by atoms with Crippen LogP contribution in [0.4, 0.5) is 5.69 Å². The van der Waals surface area contributed by atoms with E-state index in [1.807, 2.05) is 84.9 Å². The minimum atomic E-state index is -0.0618. The Balaban J connectivity index is 1.28. The van der Waals surface area contributed by atoms with Gasteiger partial charge >= 0.3 is 0 Å². The summed E-state index contributed by atoms with van der Waals surface area (Å²) in [5.74, 6) is 0.851. The first-order chi connectivity index (χ1) is 15.3. The first-order valence-electron chi connectivity index (χ1n) is 10.0. The molecule has 0 aliphatic carbocycles. The zero-order valence-electron chi connectivity index (χ0n) is 16.7. The van der Waals surface area contributed by atoms with E-state index in [2.05, 4.69) is 27.6 Å². The van der Waals surface area contributed by atoms with Crippen molar-refractivity contribution in [2.24, 2.45) is 0 Å². The third-order valence-corrected chi connectivity index (χ3v) is 5.09. The Kier molecular flexibility index (Phi) is 4.99. The molecular formula is C26H19N3O2. The summed E-state index contributed by atoms with van der Waals surface area (Å²) in [6.45, 7) is 0. The second-order valence-corrected chi connectivity index (χ2v) is 7.22. The van der Waals surface area contributed by atoms with Crippen LogP contribution in [0.5, 0.6) is 0 Å². The number of hydrogen-bond acceptors (Lipinski definition) is 4. The lowest BCUT2D eigenvalue weighted by atomic mass is 10.0. The molecule has 0 fully saturated rings. The number of carbonyl (C=O) groups is 1. The molecular weight excluding hydrogens is 386 g/mol. The lowest BCUT2D eigenvalue weighted by Gasteiger charge is -2.08. The third-order valence-electron chi connectivity index (χ3n) is 5.09. The van der Waals surface area contributed by atoms with Gasteiger partial charge in [-0.1, -0.05) is 60.7 Å². The van der Waals surface area contributed by atoms with E-state index in [0.717, 1.165) is 33.2 Å². The topological polar surface area (TPSA) is 68.0 Å². The molecule has 0 spiro atoms. The SMILES string of the molecule is O=C(Cc1cccc2ccccc12)Nc1ccc(-c2nnc(-c3ccccc3)o2)cc1. The van der Waals surface area contributed by atoms with Crippen molar-refractivity contribution in [2.45, 2.75) is 6.42 Å². The van der Waals surface area contributed by atoms with Gasteiger partial charge in [-0.05, 0) is 52.7 Å². The number of hydrogen-bond donors (Lipinski definition) is 1. The van der Waals surface area contributed by atoms with Gasteiger partial charge in [0.05, 0.1) is 6.42 Å². The summed E-state index contributed by atoms with van der Waals surface area (Å²) in [6.07, 6.45) is 0.313. The summed E-state index contributed by atoms with van der Waals surface area (Å²) in [7, 11) is 0. The number of rotatable bonds is 5. The quantitative estimate of drug-likeness (QED) is 0.405. The highest BCUT2D eigenvalue weighted by atomic mass is 16.4. The fraction of sp³-hybridized carbons (Fsp3) is 0.0385. The van der Waals surface area contributed by atoms with Crippen LogP contribution >= 0.6 is 0 Å². The number of carbonyl (C=O) groups excluding carboxylic acids is 1. The van der Waals surface area contributed by atoms with Crippen molar-refractivity contribution < 1.29 is 9.21 Å². The first-order valence-corrected chi connectivity index (χ1v) is 10.0. The van der Waals surface area contributed by atoms with Crippen molar-refractivity contribution in [3.05, 3.63) is 103 Å². The van der Waals surface area contributed by atoms with Gasteiger partial charge in [-0.2, -0.15) is 0 Å². The number of nitrogens with one attached hydrogen (secondary N) is 1. The van der Waals surface area contributed by atoms with E-state index in [0.29, 0.717) is 18.2 Å². The number of amides is 1. The molecule has 0 unspecified atom stereocenters. The zero-order chi connectivity index (χ0) is 21.0. The Bertz CT molecular complexity index is 1340. The average Bonchev–Trinajstić information content (AvgIpc) is 3.31. The fourth-order valence-electron chi connectivity index (χ4n) is 3.56. The predicted molar refractivity (Wildman–Crippen MR) is 121 cm³/mol. The summed E-state index contributed by atoms with van der Waals surface area (Å²) >= 11 is 0. The number of nitrogens with zero attached hydrogens (tertiary/aromatic N) is 2. The van der Waals surface area contributed by atoms with E-state index in [1.165, 1.54) is 0 Å². The molecule has 0 atom stereocenters. The van der Waals surface area contributed by atoms with Crippen LogP contribution in [0, 0.1) is 0 Å². The van der Waals surface area contributed by atoms with Crippen LogP contribution in [0.1, 0.15) is 5.56 Å². The van der Waals surface area contributed by atoms with Gasteiger partial charge in [0.25, 0.3) is 0 Å². The van der Waals surface area contributed by atoms with Gasteiger partial charge in [-0.15, -0.1) is 10.2 Å². The van der Waals surface area contributed by atoms with E-state index >= 15 is 0 Å². The third kappa shape index (κ3) is 4.07. The highest BCUT2D eigenvalue weighted by Gasteiger charge is 2.11. The van der Waals surface area contributed by atoms with Crippen LogP contribution in [0.3, 0.4) is 0 Å². The van der Waals surface area contributed by atoms with Gasteiger partial charge in [-0.25, -0.2) is 0 Å². The predicted octanol–water partition coefficient (Wildman–Crippen LogP) is 5.74. The molecule has 0 aliphatic rings. The van der Waals surface area contributed by atoms with Crippen molar-refractivity contribution in [2.75, 3.05) is 5.32 Å².